The molecule has 6 aromatic rings. The maximum absolute atomic E-state index is 13.7. The molecular weight excluding hydrogens is 553 g/mol. The normalized spacial score (nSPS) is 11.9. The summed E-state index contributed by atoms with van der Waals surface area (Å²) in [6, 6.07) is 41.5. The Morgan fingerprint density at radius 2 is 0.932 bits per heavy atom. The molecule has 2 aromatic heterocycles. The van der Waals surface area contributed by atoms with Gasteiger partial charge >= 0.3 is 6.18 Å². The van der Waals surface area contributed by atoms with Gasteiger partial charge in [-0.05, 0) is 62.2 Å². The van der Waals surface area contributed by atoms with Crippen LogP contribution in [0.1, 0.15) is 36.4 Å². The molecule has 0 saturated carbocycles. The molecule has 0 fully saturated rings. The van der Waals surface area contributed by atoms with Gasteiger partial charge in [0.15, 0.2) is 0 Å². The van der Waals surface area contributed by atoms with Crippen LogP contribution in [0, 0.1) is 6.92 Å². The highest BCUT2D eigenvalue weighted by Crippen LogP contribution is 2.40. The van der Waals surface area contributed by atoms with E-state index < -0.39 is 17.2 Å². The molecule has 2 nitrogen and oxygen atoms in total. The maximum Gasteiger partial charge on any atom is 0.416 e. The minimum absolute atomic E-state index is 0.407. The zero-order chi connectivity index (χ0) is 30.9. The Bertz CT molecular complexity index is 1930. The van der Waals surface area contributed by atoms with E-state index in [0.29, 0.717) is 17.0 Å². The second kappa shape index (κ2) is 11.6. The van der Waals surface area contributed by atoms with Crippen molar-refractivity contribution in [1.29, 1.82) is 0 Å². The largest absolute Gasteiger partial charge is 0.416 e. The number of alkyl halides is 3. The molecule has 2 heterocycles. The van der Waals surface area contributed by atoms with Gasteiger partial charge in [0.05, 0.1) is 28.3 Å². The molecule has 0 N–H and O–H groups in total. The van der Waals surface area contributed by atoms with Gasteiger partial charge in [-0.3, -0.25) is 9.97 Å². The number of hydrogen-bond donors (Lipinski definition) is 0. The van der Waals surface area contributed by atoms with E-state index >= 15 is 0 Å². The second-order valence-corrected chi connectivity index (χ2v) is 11.5. The van der Waals surface area contributed by atoms with Gasteiger partial charge in [-0.2, -0.15) is 13.2 Å². The zero-order valence-corrected chi connectivity index (χ0v) is 24.7. The molecule has 218 valence electrons. The molecule has 44 heavy (non-hydrogen) atoms. The quantitative estimate of drug-likeness (QED) is 0.195. The molecular formula is C39H31F3N2. The number of benzene rings is 4. The van der Waals surface area contributed by atoms with Gasteiger partial charge in [0, 0.05) is 27.7 Å². The van der Waals surface area contributed by atoms with Crippen LogP contribution in [0.4, 0.5) is 13.2 Å². The van der Waals surface area contributed by atoms with Crippen LogP contribution in [-0.2, 0) is 11.6 Å². The molecule has 0 radical (unpaired) electrons. The van der Waals surface area contributed by atoms with Crippen molar-refractivity contribution in [2.75, 3.05) is 0 Å². The third-order valence-corrected chi connectivity index (χ3v) is 8.00. The third kappa shape index (κ3) is 5.78. The Morgan fingerprint density at radius 1 is 0.477 bits per heavy atom. The predicted octanol–water partition coefficient (Wildman–Crippen LogP) is 10.8. The molecule has 0 amide bonds. The van der Waals surface area contributed by atoms with Crippen molar-refractivity contribution in [2.24, 2.45) is 0 Å². The molecule has 0 aliphatic rings. The van der Waals surface area contributed by atoms with Gasteiger partial charge in [-0.1, -0.05) is 109 Å². The minimum Gasteiger partial charge on any atom is -0.251 e. The summed E-state index contributed by atoms with van der Waals surface area (Å²) in [6.45, 7) is 6.17. The lowest BCUT2D eigenvalue weighted by Gasteiger charge is -2.26. The summed E-state index contributed by atoms with van der Waals surface area (Å²) >= 11 is 0. The number of hydrogen-bond acceptors (Lipinski definition) is 2. The highest BCUT2D eigenvalue weighted by molar-refractivity contribution is 5.82. The topological polar surface area (TPSA) is 25.8 Å². The van der Waals surface area contributed by atoms with E-state index in [1.807, 2.05) is 72.8 Å². The molecule has 0 spiro atoms. The molecule has 4 aromatic carbocycles. The standard InChI is InChI=1S/C39H31F3N2/c1-26-12-10-17-29(24-26)36-32(27-13-6-4-7-14-27)20-22-34(43-36)38(2,3)35-23-21-33(28-15-8-5-9-16-28)37(44-35)30-18-11-19-31(25-30)39(40,41)42/h4-25H,1-3H3. The first-order chi connectivity index (χ1) is 21.1. The van der Waals surface area contributed by atoms with Crippen molar-refractivity contribution in [2.45, 2.75) is 32.4 Å². The number of aromatic nitrogens is 2. The van der Waals surface area contributed by atoms with Gasteiger partial charge in [-0.25, -0.2) is 0 Å². The second-order valence-electron chi connectivity index (χ2n) is 11.5. The van der Waals surface area contributed by atoms with E-state index in [4.69, 9.17) is 9.97 Å². The van der Waals surface area contributed by atoms with Gasteiger partial charge in [0.25, 0.3) is 0 Å². The average Bonchev–Trinajstić information content (AvgIpc) is 3.04. The van der Waals surface area contributed by atoms with E-state index in [1.54, 1.807) is 6.07 Å². The van der Waals surface area contributed by atoms with Crippen molar-refractivity contribution < 1.29 is 13.2 Å². The Balaban J connectivity index is 1.52. The highest BCUT2D eigenvalue weighted by atomic mass is 19.4. The van der Waals surface area contributed by atoms with E-state index in [1.165, 1.54) is 12.1 Å². The van der Waals surface area contributed by atoms with E-state index in [2.05, 4.69) is 57.2 Å². The number of pyridine rings is 2. The summed E-state index contributed by atoms with van der Waals surface area (Å²) in [5.74, 6) is 0. The summed E-state index contributed by atoms with van der Waals surface area (Å²) in [6.07, 6.45) is -4.46. The summed E-state index contributed by atoms with van der Waals surface area (Å²) in [7, 11) is 0. The van der Waals surface area contributed by atoms with Crippen LogP contribution in [-0.4, -0.2) is 9.97 Å². The summed E-state index contributed by atoms with van der Waals surface area (Å²) in [5, 5.41) is 0. The highest BCUT2D eigenvalue weighted by Gasteiger charge is 2.32. The molecule has 0 aliphatic carbocycles. The molecule has 0 saturated heterocycles. The molecule has 5 heteroatoms. The van der Waals surface area contributed by atoms with Crippen LogP contribution in [0.5, 0.6) is 0 Å². The SMILES string of the molecule is Cc1cccc(-c2nc(C(C)(C)c3ccc(-c4ccccc4)c(-c4cccc(C(F)(F)F)c4)n3)ccc2-c2ccccc2)c1. The molecule has 6 rings (SSSR count). The third-order valence-electron chi connectivity index (χ3n) is 8.00. The molecule has 0 aliphatic heterocycles. The van der Waals surface area contributed by atoms with E-state index in [-0.39, 0.29) is 0 Å². The Hall–Kier alpha value is -5.03. The first-order valence-corrected chi connectivity index (χ1v) is 14.5. The van der Waals surface area contributed by atoms with E-state index in [9.17, 15) is 13.2 Å². The average molecular weight is 585 g/mol. The Kier molecular flexibility index (Phi) is 7.64. The summed E-state index contributed by atoms with van der Waals surface area (Å²) in [5.41, 5.74) is 7.79. The van der Waals surface area contributed by atoms with Gasteiger partial charge in [0.1, 0.15) is 0 Å². The van der Waals surface area contributed by atoms with Crippen LogP contribution < -0.4 is 0 Å². The van der Waals surface area contributed by atoms with Crippen molar-refractivity contribution in [3.63, 3.8) is 0 Å². The zero-order valence-electron chi connectivity index (χ0n) is 24.7. The number of aryl methyl sites for hydroxylation is 1. The fourth-order valence-corrected chi connectivity index (χ4v) is 5.52. The Morgan fingerprint density at radius 3 is 1.41 bits per heavy atom. The van der Waals surface area contributed by atoms with Crippen molar-refractivity contribution in [3.8, 4) is 44.8 Å². The first kappa shape index (κ1) is 29.1. The smallest absolute Gasteiger partial charge is 0.251 e. The van der Waals surface area contributed by atoms with Crippen molar-refractivity contribution in [1.82, 2.24) is 9.97 Å². The fraction of sp³-hybridized carbons (Fsp3) is 0.128. The molecule has 0 atom stereocenters. The maximum atomic E-state index is 13.7. The summed E-state index contributed by atoms with van der Waals surface area (Å²) < 4.78 is 41.2. The molecule has 0 unspecified atom stereocenters. The monoisotopic (exact) mass is 584 g/mol. The first-order valence-electron chi connectivity index (χ1n) is 14.5. The van der Waals surface area contributed by atoms with Gasteiger partial charge in [0.2, 0.25) is 0 Å². The predicted molar refractivity (Wildman–Crippen MR) is 172 cm³/mol. The van der Waals surface area contributed by atoms with Crippen molar-refractivity contribution >= 4 is 0 Å². The minimum atomic E-state index is -4.46. The number of rotatable bonds is 6. The Labute approximate surface area is 255 Å². The lowest BCUT2D eigenvalue weighted by Crippen LogP contribution is -2.23. The molecule has 0 bridgehead atoms. The van der Waals surface area contributed by atoms with Crippen LogP contribution in [0.25, 0.3) is 44.8 Å². The van der Waals surface area contributed by atoms with Crippen LogP contribution in [0.2, 0.25) is 0 Å². The van der Waals surface area contributed by atoms with Crippen molar-refractivity contribution in [3.05, 3.63) is 156 Å². The lowest BCUT2D eigenvalue weighted by atomic mass is 9.82. The summed E-state index contributed by atoms with van der Waals surface area (Å²) in [4.78, 5) is 10.3. The number of nitrogens with zero attached hydrogens (tertiary/aromatic N) is 2. The van der Waals surface area contributed by atoms with Gasteiger partial charge in [-0.15, -0.1) is 0 Å². The fourth-order valence-electron chi connectivity index (χ4n) is 5.52. The number of halogens is 3. The lowest BCUT2D eigenvalue weighted by molar-refractivity contribution is -0.137. The van der Waals surface area contributed by atoms with Crippen LogP contribution >= 0.6 is 0 Å². The van der Waals surface area contributed by atoms with Gasteiger partial charge < -0.3 is 0 Å². The van der Waals surface area contributed by atoms with Crippen LogP contribution in [0.15, 0.2) is 133 Å². The van der Waals surface area contributed by atoms with Crippen LogP contribution in [0.3, 0.4) is 0 Å². The van der Waals surface area contributed by atoms with E-state index in [0.717, 1.165) is 50.8 Å².